The Morgan fingerprint density at radius 1 is 1.38 bits per heavy atom. The molecule has 0 aliphatic carbocycles. The number of halogens is 3. The van der Waals surface area contributed by atoms with E-state index in [1.807, 2.05) is 0 Å². The Morgan fingerprint density at radius 3 is 2.62 bits per heavy atom. The van der Waals surface area contributed by atoms with Crippen molar-refractivity contribution in [2.75, 3.05) is 33.4 Å². The number of methoxy groups -OCH3 is 1. The minimum Gasteiger partial charge on any atom is -0.384 e. The molecule has 7 heteroatoms. The maximum Gasteiger partial charge on any atom is 0.416 e. The predicted octanol–water partition coefficient (Wildman–Crippen LogP) is 1.52. The lowest BCUT2D eigenvalue weighted by Crippen LogP contribution is -2.49. The summed E-state index contributed by atoms with van der Waals surface area (Å²) in [5.41, 5.74) is -1.30. The third-order valence-corrected chi connectivity index (χ3v) is 3.75. The van der Waals surface area contributed by atoms with Gasteiger partial charge in [-0.05, 0) is 12.0 Å². The van der Waals surface area contributed by atoms with Crippen LogP contribution in [-0.2, 0) is 24.4 Å². The van der Waals surface area contributed by atoms with Crippen molar-refractivity contribution >= 4 is 0 Å². The Hall–Kier alpha value is -1.34. The molecule has 1 aromatic rings. The molecule has 1 aliphatic heterocycles. The van der Waals surface area contributed by atoms with Crippen LogP contribution in [0.25, 0.3) is 0 Å². The second-order valence-corrected chi connectivity index (χ2v) is 5.49. The van der Waals surface area contributed by atoms with Crippen LogP contribution in [-0.4, -0.2) is 42.8 Å². The summed E-state index contributed by atoms with van der Waals surface area (Å²) >= 11 is 0. The zero-order valence-electron chi connectivity index (χ0n) is 12.1. The summed E-state index contributed by atoms with van der Waals surface area (Å²) in [4.78, 5) is 13.5. The Bertz CT molecular complexity index is 548. The van der Waals surface area contributed by atoms with Crippen molar-refractivity contribution in [1.82, 2.24) is 9.47 Å². The molecular formula is C14H19F3N2O2. The van der Waals surface area contributed by atoms with Crippen molar-refractivity contribution in [3.8, 4) is 0 Å². The second kappa shape index (κ2) is 6.19. The van der Waals surface area contributed by atoms with Crippen LogP contribution in [0.2, 0.25) is 0 Å². The number of hydrogen-bond donors (Lipinski definition) is 0. The van der Waals surface area contributed by atoms with Crippen molar-refractivity contribution in [2.45, 2.75) is 12.6 Å². The van der Waals surface area contributed by atoms with Crippen molar-refractivity contribution in [3.63, 3.8) is 0 Å². The summed E-state index contributed by atoms with van der Waals surface area (Å²) in [6.45, 7) is 2.94. The molecule has 2 heterocycles. The first kappa shape index (κ1) is 16.0. The molecule has 0 unspecified atom stereocenters. The average Bonchev–Trinajstić information content (AvgIpc) is 2.34. The topological polar surface area (TPSA) is 34.5 Å². The Morgan fingerprint density at radius 2 is 2.05 bits per heavy atom. The maximum absolute atomic E-state index is 13.0. The van der Waals surface area contributed by atoms with Gasteiger partial charge in [0.15, 0.2) is 0 Å². The quantitative estimate of drug-likeness (QED) is 0.827. The minimum atomic E-state index is -4.49. The van der Waals surface area contributed by atoms with Crippen LogP contribution in [0.1, 0.15) is 11.1 Å². The Balaban J connectivity index is 2.03. The smallest absolute Gasteiger partial charge is 0.384 e. The fourth-order valence-corrected chi connectivity index (χ4v) is 2.63. The number of alkyl halides is 3. The zero-order chi connectivity index (χ0) is 15.6. The molecule has 0 amide bonds. The molecule has 1 aliphatic rings. The van der Waals surface area contributed by atoms with E-state index in [1.165, 1.54) is 17.8 Å². The van der Waals surface area contributed by atoms with Gasteiger partial charge in [0.05, 0.1) is 12.2 Å². The highest BCUT2D eigenvalue weighted by Gasteiger charge is 2.34. The third kappa shape index (κ3) is 3.85. The molecule has 0 radical (unpaired) electrons. The lowest BCUT2D eigenvalue weighted by atomic mass is 9.99. The highest BCUT2D eigenvalue weighted by atomic mass is 19.4. The Labute approximate surface area is 121 Å². The molecule has 21 heavy (non-hydrogen) atoms. The fraction of sp³-hybridized carbons (Fsp3) is 0.643. The van der Waals surface area contributed by atoms with Crippen molar-refractivity contribution < 1.29 is 17.9 Å². The van der Waals surface area contributed by atoms with E-state index in [0.717, 1.165) is 13.1 Å². The van der Waals surface area contributed by atoms with Gasteiger partial charge in [0.2, 0.25) is 0 Å². The number of aromatic nitrogens is 1. The first-order valence-corrected chi connectivity index (χ1v) is 6.79. The number of likely N-dealkylation sites (tertiary alicyclic amines) is 1. The summed E-state index contributed by atoms with van der Waals surface area (Å²) in [5, 5.41) is 0. The molecule has 0 spiro atoms. The van der Waals surface area contributed by atoms with Crippen LogP contribution in [0.4, 0.5) is 13.2 Å². The first-order chi connectivity index (χ1) is 9.81. The molecule has 0 saturated carbocycles. The summed E-state index contributed by atoms with van der Waals surface area (Å²) in [5.74, 6) is 0.470. The average molecular weight is 304 g/mol. The Kier molecular flexibility index (Phi) is 4.73. The van der Waals surface area contributed by atoms with Crippen LogP contribution in [0, 0.1) is 5.92 Å². The van der Waals surface area contributed by atoms with E-state index < -0.39 is 17.3 Å². The molecule has 1 saturated heterocycles. The molecule has 1 aromatic heterocycles. The molecule has 0 N–H and O–H groups in total. The summed E-state index contributed by atoms with van der Waals surface area (Å²) in [7, 11) is 3.10. The number of nitrogens with zero attached hydrogens (tertiary/aromatic N) is 2. The van der Waals surface area contributed by atoms with Crippen molar-refractivity contribution in [2.24, 2.45) is 13.0 Å². The second-order valence-electron chi connectivity index (χ2n) is 5.49. The van der Waals surface area contributed by atoms with E-state index in [2.05, 4.69) is 4.90 Å². The van der Waals surface area contributed by atoms with E-state index >= 15 is 0 Å². The van der Waals surface area contributed by atoms with Gasteiger partial charge in [-0.15, -0.1) is 0 Å². The van der Waals surface area contributed by atoms with Crippen LogP contribution in [0.5, 0.6) is 0 Å². The zero-order valence-corrected chi connectivity index (χ0v) is 12.1. The van der Waals surface area contributed by atoms with Gasteiger partial charge in [0.25, 0.3) is 5.56 Å². The molecule has 4 nitrogen and oxygen atoms in total. The lowest BCUT2D eigenvalue weighted by Gasteiger charge is -2.39. The first-order valence-electron chi connectivity index (χ1n) is 6.79. The molecule has 0 bridgehead atoms. The van der Waals surface area contributed by atoms with Gasteiger partial charge in [-0.1, -0.05) is 0 Å². The van der Waals surface area contributed by atoms with E-state index in [4.69, 9.17) is 4.74 Å². The van der Waals surface area contributed by atoms with Gasteiger partial charge in [0, 0.05) is 52.0 Å². The number of pyridine rings is 1. The highest BCUT2D eigenvalue weighted by Crippen LogP contribution is 2.31. The van der Waals surface area contributed by atoms with Crippen LogP contribution in [0.15, 0.2) is 17.1 Å². The minimum absolute atomic E-state index is 0.166. The van der Waals surface area contributed by atoms with Crippen LogP contribution >= 0.6 is 0 Å². The van der Waals surface area contributed by atoms with E-state index in [0.29, 0.717) is 25.1 Å². The van der Waals surface area contributed by atoms with E-state index in [9.17, 15) is 18.0 Å². The summed E-state index contributed by atoms with van der Waals surface area (Å²) < 4.78 is 45.1. The van der Waals surface area contributed by atoms with Crippen molar-refractivity contribution in [3.05, 3.63) is 33.7 Å². The largest absolute Gasteiger partial charge is 0.416 e. The SMILES string of the molecule is COCC1CN(CCc2cn(C)c(=O)cc2C(F)(F)F)C1. The van der Waals surface area contributed by atoms with Gasteiger partial charge in [-0.2, -0.15) is 13.2 Å². The summed E-state index contributed by atoms with van der Waals surface area (Å²) in [6.07, 6.45) is -2.92. The number of aryl methyl sites for hydroxylation is 1. The van der Waals surface area contributed by atoms with Gasteiger partial charge in [0.1, 0.15) is 0 Å². The molecule has 0 atom stereocenters. The third-order valence-electron chi connectivity index (χ3n) is 3.75. The number of rotatable bonds is 5. The van der Waals surface area contributed by atoms with E-state index in [-0.39, 0.29) is 12.0 Å². The predicted molar refractivity (Wildman–Crippen MR) is 72.2 cm³/mol. The standard InChI is InChI=1S/C14H19F3N2O2/c1-18-8-11(12(5-13(18)20)14(15,16)17)3-4-19-6-10(7-19)9-21-2/h5,8,10H,3-4,6-7,9H2,1-2H3. The van der Waals surface area contributed by atoms with Gasteiger partial charge in [-0.3, -0.25) is 4.79 Å². The lowest BCUT2D eigenvalue weighted by molar-refractivity contribution is -0.138. The number of ether oxygens (including phenoxy) is 1. The number of hydrogen-bond acceptors (Lipinski definition) is 3. The summed E-state index contributed by atoms with van der Waals surface area (Å²) in [6, 6.07) is 0.680. The van der Waals surface area contributed by atoms with Gasteiger partial charge >= 0.3 is 6.18 Å². The normalized spacial score (nSPS) is 17.0. The molecule has 2 rings (SSSR count). The van der Waals surface area contributed by atoms with Crippen LogP contribution in [0.3, 0.4) is 0 Å². The highest BCUT2D eigenvalue weighted by molar-refractivity contribution is 5.27. The fourth-order valence-electron chi connectivity index (χ4n) is 2.63. The van der Waals surface area contributed by atoms with Crippen LogP contribution < -0.4 is 5.56 Å². The monoisotopic (exact) mass is 304 g/mol. The molecule has 1 fully saturated rings. The molecule has 118 valence electrons. The molecular weight excluding hydrogens is 285 g/mol. The molecule has 0 aromatic carbocycles. The maximum atomic E-state index is 13.0. The van der Waals surface area contributed by atoms with Crippen molar-refractivity contribution in [1.29, 1.82) is 0 Å². The van der Waals surface area contributed by atoms with E-state index in [1.54, 1.807) is 7.11 Å². The van der Waals surface area contributed by atoms with Gasteiger partial charge < -0.3 is 14.2 Å². The van der Waals surface area contributed by atoms with Gasteiger partial charge in [-0.25, -0.2) is 0 Å².